The Bertz CT molecular complexity index is 1470. The van der Waals surface area contributed by atoms with Gasteiger partial charge in [0.2, 0.25) is 11.8 Å². The molecule has 8 nitrogen and oxygen atoms in total. The number of nitrogens with zero attached hydrogens (tertiary/aromatic N) is 1. The maximum atomic E-state index is 12.8. The number of nitrogens with one attached hydrogen (secondary N) is 1. The van der Waals surface area contributed by atoms with Gasteiger partial charge in [-0.2, -0.15) is 11.8 Å². The first-order valence-corrected chi connectivity index (χ1v) is 42.0. The van der Waals surface area contributed by atoms with Gasteiger partial charge in [0, 0.05) is 31.9 Å². The SMILES string of the molecule is CCCCCCCCCCCCSCCCCCCCCCCCCCCCCCCCCCCCCCCCCCCCCCCCCCCCCCCCCCCCCCCC(=O)N(CC)CCCCCCCCCCC(=O)NC(CCC(=O)[O-])C(=O)O.[Na+]. The van der Waals surface area contributed by atoms with Gasteiger partial charge in [0.1, 0.15) is 6.04 Å². The van der Waals surface area contributed by atoms with Crippen LogP contribution in [0.2, 0.25) is 0 Å². The molecule has 0 fully saturated rings. The molecule has 0 rings (SSSR count). The monoisotopic (exact) mass is 1310 g/mol. The van der Waals surface area contributed by atoms with Gasteiger partial charge in [0.15, 0.2) is 0 Å². The number of aliphatic carboxylic acids is 2. The molecule has 0 aliphatic carbocycles. The van der Waals surface area contributed by atoms with E-state index in [0.29, 0.717) is 18.7 Å². The number of carbonyl (C=O) groups is 4. The molecule has 534 valence electrons. The summed E-state index contributed by atoms with van der Waals surface area (Å²) in [5.74, 6) is 0.220. The minimum atomic E-state index is -1.32. The summed E-state index contributed by atoms with van der Waals surface area (Å²) in [7, 11) is 0. The van der Waals surface area contributed by atoms with Gasteiger partial charge in [-0.25, -0.2) is 4.79 Å². The van der Waals surface area contributed by atoms with Crippen LogP contribution >= 0.6 is 11.8 Å². The minimum absolute atomic E-state index is 0. The van der Waals surface area contributed by atoms with Gasteiger partial charge in [-0.15, -0.1) is 0 Å². The van der Waals surface area contributed by atoms with Crippen molar-refractivity contribution in [3.63, 3.8) is 0 Å². The summed E-state index contributed by atoms with van der Waals surface area (Å²) in [5.41, 5.74) is 0. The third-order valence-corrected chi connectivity index (χ3v) is 20.8. The van der Waals surface area contributed by atoms with Crippen LogP contribution in [0.5, 0.6) is 0 Å². The normalized spacial score (nSPS) is 11.8. The maximum absolute atomic E-state index is 12.8. The molecule has 10 heteroatoms. The number of hydrogen-bond donors (Lipinski definition) is 2. The van der Waals surface area contributed by atoms with Crippen LogP contribution < -0.4 is 40.0 Å². The van der Waals surface area contributed by atoms with E-state index in [0.717, 1.165) is 64.5 Å². The first kappa shape index (κ1) is 92.3. The molecule has 0 aromatic carbocycles. The van der Waals surface area contributed by atoms with Crippen molar-refractivity contribution in [1.82, 2.24) is 10.2 Å². The Morgan fingerprint density at radius 2 is 0.560 bits per heavy atom. The van der Waals surface area contributed by atoms with Gasteiger partial charge < -0.3 is 25.2 Å². The van der Waals surface area contributed by atoms with E-state index >= 15 is 0 Å². The first-order chi connectivity index (χ1) is 44.3. The van der Waals surface area contributed by atoms with Crippen molar-refractivity contribution in [2.75, 3.05) is 24.6 Å². The maximum Gasteiger partial charge on any atom is 1.00 e. The second kappa shape index (κ2) is 79.9. The number of carboxylic acids is 2. The van der Waals surface area contributed by atoms with E-state index in [1.54, 1.807) is 0 Å². The predicted molar refractivity (Wildman–Crippen MR) is 393 cm³/mol. The third-order valence-electron chi connectivity index (χ3n) is 19.7. The molecule has 0 bridgehead atoms. The summed E-state index contributed by atoms with van der Waals surface area (Å²) in [5, 5.41) is 22.2. The number of amides is 2. The molecule has 1 atom stereocenters. The van der Waals surface area contributed by atoms with E-state index in [2.05, 4.69) is 30.9 Å². The Hall–Kier alpha value is -0.770. The van der Waals surface area contributed by atoms with E-state index in [4.69, 9.17) is 0 Å². The average molecular weight is 1310 g/mol. The zero-order valence-corrected chi connectivity index (χ0v) is 64.6. The molecule has 0 spiro atoms. The summed E-state index contributed by atoms with van der Waals surface area (Å²) >= 11 is 2.22. The van der Waals surface area contributed by atoms with Gasteiger partial charge in [0.05, 0.1) is 0 Å². The molecular weight excluding hydrogens is 1150 g/mol. The molecular formula is C81H157N2NaO6S. The van der Waals surface area contributed by atoms with Gasteiger partial charge in [0.25, 0.3) is 0 Å². The molecule has 0 heterocycles. The standard InChI is InChI=1S/C81H158N2O6S.Na/c1-3-5-6-7-8-9-53-58-63-68-75-90-76-69-64-59-54-49-47-45-43-41-39-37-35-33-31-29-27-25-23-21-19-17-15-13-11-10-12-14-16-18-20-22-24-26-28-30-32-34-36-38-40-42-44-46-48-50-56-61-66-71-79(85)83(4-2)74-67-62-57-52-51-55-60-65-70-78(84)82-77(81(88)89)72-73-80(86)87;/h77H,3-76H2,1-2H3,(H,82,84)(H,86,87)(H,88,89);/q;+1/p-1. The van der Waals surface area contributed by atoms with Crippen molar-refractivity contribution in [3.05, 3.63) is 0 Å². The molecule has 2 amide bonds. The Morgan fingerprint density at radius 3 is 0.802 bits per heavy atom. The third kappa shape index (κ3) is 76.5. The van der Waals surface area contributed by atoms with Crippen LogP contribution in [0.25, 0.3) is 0 Å². The first-order valence-electron chi connectivity index (χ1n) is 40.9. The Labute approximate surface area is 594 Å². The van der Waals surface area contributed by atoms with Crippen LogP contribution in [0.3, 0.4) is 0 Å². The topological polar surface area (TPSA) is 127 Å². The minimum Gasteiger partial charge on any atom is -0.550 e. The fourth-order valence-corrected chi connectivity index (χ4v) is 14.5. The van der Waals surface area contributed by atoms with E-state index in [1.165, 1.54) is 377 Å². The van der Waals surface area contributed by atoms with Crippen molar-refractivity contribution in [2.24, 2.45) is 0 Å². The number of carboxylic acid groups (broad SMARTS) is 2. The van der Waals surface area contributed by atoms with E-state index in [9.17, 15) is 29.4 Å². The number of thioether (sulfide) groups is 1. The Balaban J connectivity index is 0. The van der Waals surface area contributed by atoms with Gasteiger partial charge in [-0.1, -0.05) is 399 Å². The molecule has 0 radical (unpaired) electrons. The van der Waals surface area contributed by atoms with Crippen molar-refractivity contribution in [2.45, 2.75) is 469 Å². The molecule has 2 N–H and O–H groups in total. The van der Waals surface area contributed by atoms with Crippen molar-refractivity contribution >= 4 is 35.5 Å². The van der Waals surface area contributed by atoms with Crippen molar-refractivity contribution < 1.29 is 58.9 Å². The molecule has 0 saturated heterocycles. The van der Waals surface area contributed by atoms with Crippen molar-refractivity contribution in [1.29, 1.82) is 0 Å². The van der Waals surface area contributed by atoms with Crippen LogP contribution in [-0.2, 0) is 19.2 Å². The second-order valence-electron chi connectivity index (χ2n) is 28.4. The molecule has 0 saturated carbocycles. The Morgan fingerprint density at radius 1 is 0.330 bits per heavy atom. The van der Waals surface area contributed by atoms with Crippen LogP contribution in [0.4, 0.5) is 0 Å². The molecule has 91 heavy (non-hydrogen) atoms. The number of carbonyl (C=O) groups excluding carboxylic acids is 3. The van der Waals surface area contributed by atoms with Gasteiger partial charge in [-0.3, -0.25) is 9.59 Å². The van der Waals surface area contributed by atoms with Crippen LogP contribution in [-0.4, -0.2) is 64.4 Å². The second-order valence-corrected chi connectivity index (χ2v) is 29.7. The van der Waals surface area contributed by atoms with Crippen LogP contribution in [0, 0.1) is 0 Å². The van der Waals surface area contributed by atoms with E-state index < -0.39 is 24.4 Å². The number of hydrogen-bond acceptors (Lipinski definition) is 6. The zero-order chi connectivity index (χ0) is 65.2. The van der Waals surface area contributed by atoms with Gasteiger partial charge in [-0.05, 0) is 63.4 Å². The quantitative estimate of drug-likeness (QED) is 0.0459. The summed E-state index contributed by atoms with van der Waals surface area (Å²) < 4.78 is 0. The van der Waals surface area contributed by atoms with Crippen LogP contribution in [0.15, 0.2) is 0 Å². The van der Waals surface area contributed by atoms with Crippen molar-refractivity contribution in [3.8, 4) is 0 Å². The summed E-state index contributed by atoms with van der Waals surface area (Å²) in [6, 6.07) is -1.19. The molecule has 0 aliphatic heterocycles. The zero-order valence-electron chi connectivity index (χ0n) is 61.7. The smallest absolute Gasteiger partial charge is 0.550 e. The number of rotatable bonds is 79. The summed E-state index contributed by atoms with van der Waals surface area (Å²) in [6.45, 7) is 6.04. The predicted octanol–water partition coefficient (Wildman–Crippen LogP) is 22.2. The number of unbranched alkanes of at least 4 members (excludes halogenated alkanes) is 63. The summed E-state index contributed by atoms with van der Waals surface area (Å²) in [6.07, 6.45) is 92.1. The molecule has 1 unspecified atom stereocenters. The molecule has 0 aliphatic rings. The van der Waals surface area contributed by atoms with Gasteiger partial charge >= 0.3 is 35.5 Å². The fraction of sp³-hybridized carbons (Fsp3) is 0.951. The molecule has 0 aromatic rings. The van der Waals surface area contributed by atoms with E-state index in [-0.39, 0.29) is 48.3 Å². The van der Waals surface area contributed by atoms with E-state index in [1.807, 2.05) is 4.90 Å². The summed E-state index contributed by atoms with van der Waals surface area (Å²) in [4.78, 5) is 48.8. The van der Waals surface area contributed by atoms with Crippen LogP contribution in [0.1, 0.15) is 463 Å². The largest absolute Gasteiger partial charge is 1.00 e. The molecule has 0 aromatic heterocycles. The average Bonchev–Trinajstić information content (AvgIpc) is 3.68. The fourth-order valence-electron chi connectivity index (χ4n) is 13.5. The Kier molecular flexibility index (Phi) is 81.0.